The minimum atomic E-state index is -1.96. The van der Waals surface area contributed by atoms with E-state index in [0.717, 1.165) is 32.6 Å². The van der Waals surface area contributed by atoms with Crippen LogP contribution in [0.2, 0.25) is 0 Å². The fourth-order valence-electron chi connectivity index (χ4n) is 3.96. The number of nitrogens with zero attached hydrogens (tertiary/aromatic N) is 2. The molecule has 4 aromatic carbocycles. The van der Waals surface area contributed by atoms with E-state index in [-0.39, 0.29) is 0 Å². The molecule has 128 valence electrons. The van der Waals surface area contributed by atoms with Gasteiger partial charge in [-0.2, -0.15) is 4.20 Å². The minimum Gasteiger partial charge on any atom is -0.296 e. The van der Waals surface area contributed by atoms with Gasteiger partial charge in [-0.1, -0.05) is 60.7 Å². The van der Waals surface area contributed by atoms with Gasteiger partial charge in [0, 0.05) is 24.9 Å². The molecule has 0 fully saturated rings. The van der Waals surface area contributed by atoms with E-state index in [0.29, 0.717) is 0 Å². The fourth-order valence-corrected chi connectivity index (χ4v) is 5.06. The van der Waals surface area contributed by atoms with Crippen LogP contribution in [0.4, 0.5) is 4.20 Å². The van der Waals surface area contributed by atoms with Gasteiger partial charge in [-0.3, -0.25) is 8.66 Å². The third-order valence-corrected chi connectivity index (χ3v) is 6.68. The molecule has 0 aliphatic rings. The van der Waals surface area contributed by atoms with E-state index in [9.17, 15) is 0 Å². The first-order valence-electron chi connectivity index (χ1n) is 8.64. The molecule has 1 aromatic heterocycles. The second kappa shape index (κ2) is 5.62. The molecule has 0 spiro atoms. The number of hydrogen-bond acceptors (Lipinski definition) is 0. The van der Waals surface area contributed by atoms with Crippen molar-refractivity contribution in [2.24, 2.45) is 14.1 Å². The maximum atomic E-state index is 15.3. The minimum absolute atomic E-state index is 0.944. The Kier molecular flexibility index (Phi) is 3.35. The number of aryl methyl sites for hydroxylation is 2. The van der Waals surface area contributed by atoms with Crippen LogP contribution in [0.1, 0.15) is 0 Å². The Bertz CT molecular complexity index is 1260. The molecule has 1 heterocycles. The van der Waals surface area contributed by atoms with Crippen molar-refractivity contribution in [1.82, 2.24) is 8.66 Å². The molecule has 0 amide bonds. The highest BCUT2D eigenvalue weighted by molar-refractivity contribution is 7.36. The molecule has 2 nitrogen and oxygen atoms in total. The van der Waals surface area contributed by atoms with Crippen molar-refractivity contribution < 1.29 is 4.20 Å². The van der Waals surface area contributed by atoms with Crippen molar-refractivity contribution in [2.45, 2.75) is 0 Å². The van der Waals surface area contributed by atoms with Gasteiger partial charge < -0.3 is 0 Å². The van der Waals surface area contributed by atoms with Crippen LogP contribution >= 0.6 is 8.16 Å². The SMILES string of the molecule is Cn1c2ccc3ccccc3c2c2c3ccccc3ccc2n(C)p1F. The number of halogens is 1. The predicted molar refractivity (Wildman–Crippen MR) is 111 cm³/mol. The summed E-state index contributed by atoms with van der Waals surface area (Å²) in [5.74, 6) is 0. The lowest BCUT2D eigenvalue weighted by Crippen LogP contribution is -1.91. The number of benzene rings is 4. The second-order valence-electron chi connectivity index (χ2n) is 6.65. The molecule has 26 heavy (non-hydrogen) atoms. The predicted octanol–water partition coefficient (Wildman–Crippen LogP) is 6.82. The molecule has 0 N–H and O–H groups in total. The summed E-state index contributed by atoms with van der Waals surface area (Å²) in [6.07, 6.45) is 0. The Labute approximate surface area is 151 Å². The topological polar surface area (TPSA) is 9.86 Å². The first kappa shape index (κ1) is 15.5. The van der Waals surface area contributed by atoms with Gasteiger partial charge in [0.15, 0.2) is 0 Å². The van der Waals surface area contributed by atoms with Gasteiger partial charge in [-0.05, 0) is 33.7 Å². The molecule has 0 saturated carbocycles. The van der Waals surface area contributed by atoms with Crippen molar-refractivity contribution in [3.8, 4) is 0 Å². The van der Waals surface area contributed by atoms with Crippen molar-refractivity contribution in [1.29, 1.82) is 0 Å². The molecule has 4 heteroatoms. The number of hydrogen-bond donors (Lipinski definition) is 0. The van der Waals surface area contributed by atoms with Crippen LogP contribution in [0.15, 0.2) is 72.8 Å². The van der Waals surface area contributed by atoms with Gasteiger partial charge in [0.25, 0.3) is 0 Å². The molecule has 0 aliphatic carbocycles. The first-order valence-corrected chi connectivity index (χ1v) is 9.77. The van der Waals surface area contributed by atoms with Crippen LogP contribution in [0.5, 0.6) is 0 Å². The van der Waals surface area contributed by atoms with Crippen LogP contribution in [0.25, 0.3) is 43.4 Å². The molecule has 0 unspecified atom stereocenters. The van der Waals surface area contributed by atoms with Crippen molar-refractivity contribution in [3.63, 3.8) is 0 Å². The number of aromatic nitrogens is 2. The maximum absolute atomic E-state index is 15.3. The van der Waals surface area contributed by atoms with Crippen LogP contribution in [-0.4, -0.2) is 8.66 Å². The van der Waals surface area contributed by atoms with E-state index in [1.54, 1.807) is 8.66 Å². The van der Waals surface area contributed by atoms with Crippen molar-refractivity contribution in [2.75, 3.05) is 0 Å². The Morgan fingerprint density at radius 3 is 1.50 bits per heavy atom. The van der Waals surface area contributed by atoms with Crippen LogP contribution in [0, 0.1) is 0 Å². The normalized spacial score (nSPS) is 11.7. The smallest absolute Gasteiger partial charge is 0.221 e. The Morgan fingerprint density at radius 1 is 0.615 bits per heavy atom. The summed E-state index contributed by atoms with van der Waals surface area (Å²) < 4.78 is 18.9. The summed E-state index contributed by atoms with van der Waals surface area (Å²) in [5.41, 5.74) is 1.89. The highest BCUT2D eigenvalue weighted by atomic mass is 31.1. The third kappa shape index (κ3) is 2.04. The standard InChI is InChI=1S/C22H18FN2P/c1-24-19-13-11-15-7-3-5-9-17(15)21(19)22-18-10-6-4-8-16(18)12-14-20(22)25(2)26(24)23/h3-14H,1-2H3. The molecule has 5 rings (SSSR count). The molecule has 5 aromatic rings. The zero-order valence-electron chi connectivity index (χ0n) is 14.6. The molecular formula is C22H18FN2P. The summed E-state index contributed by atoms with van der Waals surface area (Å²) in [5, 5.41) is 6.90. The van der Waals surface area contributed by atoms with E-state index in [1.807, 2.05) is 26.2 Å². The van der Waals surface area contributed by atoms with Gasteiger partial charge in [0.1, 0.15) is 0 Å². The van der Waals surface area contributed by atoms with Crippen molar-refractivity contribution >= 4 is 51.5 Å². The van der Waals surface area contributed by atoms with Gasteiger partial charge in [-0.25, -0.2) is 0 Å². The van der Waals surface area contributed by atoms with Crippen LogP contribution < -0.4 is 0 Å². The highest BCUT2D eigenvalue weighted by Gasteiger charge is 2.13. The molecular weight excluding hydrogens is 342 g/mol. The summed E-state index contributed by atoms with van der Waals surface area (Å²) >= 11 is 0. The van der Waals surface area contributed by atoms with Crippen LogP contribution in [-0.2, 0) is 14.1 Å². The molecule has 0 radical (unpaired) electrons. The summed E-state index contributed by atoms with van der Waals surface area (Å²) in [6.45, 7) is 0. The average molecular weight is 360 g/mol. The molecule has 0 bridgehead atoms. The quantitative estimate of drug-likeness (QED) is 0.287. The first-order chi connectivity index (χ1) is 12.7. The second-order valence-corrected chi connectivity index (χ2v) is 8.33. The van der Waals surface area contributed by atoms with E-state index in [4.69, 9.17) is 0 Å². The number of rotatable bonds is 0. The summed E-state index contributed by atoms with van der Waals surface area (Å²) in [7, 11) is 1.74. The van der Waals surface area contributed by atoms with E-state index in [1.165, 1.54) is 10.8 Å². The maximum Gasteiger partial charge on any atom is 0.221 e. The third-order valence-electron chi connectivity index (χ3n) is 5.26. The van der Waals surface area contributed by atoms with Crippen LogP contribution in [0.3, 0.4) is 0 Å². The molecule has 0 aliphatic heterocycles. The zero-order valence-corrected chi connectivity index (χ0v) is 15.5. The summed E-state index contributed by atoms with van der Waals surface area (Å²) in [4.78, 5) is 0. The monoisotopic (exact) mass is 360 g/mol. The largest absolute Gasteiger partial charge is 0.296 e. The number of fused-ring (bicyclic) bond motifs is 7. The van der Waals surface area contributed by atoms with Gasteiger partial charge in [0.05, 0.1) is 11.0 Å². The zero-order chi connectivity index (χ0) is 17.8. The van der Waals surface area contributed by atoms with Gasteiger partial charge >= 0.3 is 0 Å². The van der Waals surface area contributed by atoms with E-state index in [2.05, 4.69) is 60.7 Å². The fraction of sp³-hybridized carbons (Fsp3) is 0.0909. The lowest BCUT2D eigenvalue weighted by molar-refractivity contribution is 0.828. The Morgan fingerprint density at radius 2 is 1.04 bits per heavy atom. The molecule has 0 atom stereocenters. The molecule has 0 saturated heterocycles. The Balaban J connectivity index is 2.29. The highest BCUT2D eigenvalue weighted by Crippen LogP contribution is 2.40. The van der Waals surface area contributed by atoms with E-state index < -0.39 is 8.16 Å². The van der Waals surface area contributed by atoms with Gasteiger partial charge in [-0.15, -0.1) is 0 Å². The summed E-state index contributed by atoms with van der Waals surface area (Å²) in [6, 6.07) is 25.0. The lowest BCUT2D eigenvalue weighted by atomic mass is 9.98. The Hall–Kier alpha value is -2.77. The van der Waals surface area contributed by atoms with E-state index >= 15 is 4.20 Å². The average Bonchev–Trinajstić information content (AvgIpc) is 2.77. The van der Waals surface area contributed by atoms with Gasteiger partial charge in [0.2, 0.25) is 8.16 Å². The van der Waals surface area contributed by atoms with Crippen molar-refractivity contribution in [3.05, 3.63) is 72.8 Å². The lowest BCUT2D eigenvalue weighted by Gasteiger charge is -2.08.